The maximum Gasteiger partial charge on any atom is 0.286 e. The van der Waals surface area contributed by atoms with E-state index in [1.165, 1.54) is 0 Å². The molecule has 0 spiro atoms. The quantitative estimate of drug-likeness (QED) is 0.804. The number of nitrogens with zero attached hydrogens (tertiary/aromatic N) is 1. The Morgan fingerprint density at radius 1 is 1.15 bits per heavy atom. The number of rotatable bonds is 7. The van der Waals surface area contributed by atoms with E-state index in [0.717, 1.165) is 40.9 Å². The molecule has 1 aliphatic rings. The lowest BCUT2D eigenvalue weighted by Gasteiger charge is -2.10. The van der Waals surface area contributed by atoms with Gasteiger partial charge in [-0.25, -0.2) is 0 Å². The highest BCUT2D eigenvalue weighted by Crippen LogP contribution is 2.24. The number of pyridine rings is 1. The van der Waals surface area contributed by atoms with Crippen molar-refractivity contribution in [2.75, 3.05) is 6.61 Å². The third-order valence-electron chi connectivity index (χ3n) is 4.16. The molecule has 0 bridgehead atoms. The van der Waals surface area contributed by atoms with Crippen LogP contribution in [0.1, 0.15) is 36.7 Å². The first-order valence-corrected chi connectivity index (χ1v) is 9.58. The van der Waals surface area contributed by atoms with Gasteiger partial charge in [-0.05, 0) is 42.2 Å². The van der Waals surface area contributed by atoms with Crippen molar-refractivity contribution in [1.29, 1.82) is 0 Å². The van der Waals surface area contributed by atoms with Crippen molar-refractivity contribution in [3.05, 3.63) is 59.4 Å². The van der Waals surface area contributed by atoms with Gasteiger partial charge in [0.25, 0.3) is 5.24 Å². The molecule has 1 N–H and O–H groups in total. The third-order valence-corrected chi connectivity index (χ3v) is 5.14. The molecule has 3 rings (SSSR count). The molecule has 1 atom stereocenters. The molecule has 5 nitrogen and oxygen atoms in total. The number of amides is 2. The fourth-order valence-electron chi connectivity index (χ4n) is 2.70. The van der Waals surface area contributed by atoms with Gasteiger partial charge in [0, 0.05) is 17.8 Å². The topological polar surface area (TPSA) is 68.3 Å². The first-order chi connectivity index (χ1) is 12.5. The molecule has 2 amide bonds. The van der Waals surface area contributed by atoms with Crippen LogP contribution in [0.2, 0.25) is 0 Å². The molecule has 6 heteroatoms. The van der Waals surface area contributed by atoms with E-state index in [1.807, 2.05) is 42.5 Å². The van der Waals surface area contributed by atoms with Crippen LogP contribution in [0.15, 0.2) is 42.5 Å². The molecular weight excluding hydrogens is 348 g/mol. The Bertz CT molecular complexity index is 790. The summed E-state index contributed by atoms with van der Waals surface area (Å²) in [6, 6.07) is 13.8. The second kappa shape index (κ2) is 8.36. The molecular formula is C20H22N2O3S. The van der Waals surface area contributed by atoms with Gasteiger partial charge in [-0.3, -0.25) is 19.9 Å². The lowest BCUT2D eigenvalue weighted by atomic mass is 10.1. The van der Waals surface area contributed by atoms with Crippen LogP contribution in [0.3, 0.4) is 0 Å². The zero-order valence-corrected chi connectivity index (χ0v) is 15.7. The summed E-state index contributed by atoms with van der Waals surface area (Å²) in [5.74, 6) is 0.989. The van der Waals surface area contributed by atoms with Gasteiger partial charge in [0.2, 0.25) is 5.91 Å². The van der Waals surface area contributed by atoms with Crippen molar-refractivity contribution in [2.24, 2.45) is 0 Å². The zero-order chi connectivity index (χ0) is 18.5. The third kappa shape index (κ3) is 4.85. The van der Waals surface area contributed by atoms with Crippen molar-refractivity contribution in [1.82, 2.24) is 10.3 Å². The number of carbonyl (C=O) groups excluding carboxylic acids is 2. The normalized spacial score (nSPS) is 16.8. The molecule has 26 heavy (non-hydrogen) atoms. The summed E-state index contributed by atoms with van der Waals surface area (Å²) in [7, 11) is 0. The summed E-state index contributed by atoms with van der Waals surface area (Å²) >= 11 is 1.05. The van der Waals surface area contributed by atoms with Gasteiger partial charge in [-0.1, -0.05) is 43.8 Å². The first kappa shape index (κ1) is 18.5. The van der Waals surface area contributed by atoms with Gasteiger partial charge in [0.05, 0.1) is 11.9 Å². The molecule has 2 heterocycles. The second-order valence-electron chi connectivity index (χ2n) is 6.54. The van der Waals surface area contributed by atoms with E-state index in [-0.39, 0.29) is 16.4 Å². The van der Waals surface area contributed by atoms with Crippen LogP contribution in [0.4, 0.5) is 4.79 Å². The Hall–Kier alpha value is -2.34. The summed E-state index contributed by atoms with van der Waals surface area (Å²) in [6.07, 6.45) is 1.29. The Morgan fingerprint density at radius 2 is 1.92 bits per heavy atom. The smallest absolute Gasteiger partial charge is 0.286 e. The molecule has 0 radical (unpaired) electrons. The highest BCUT2D eigenvalue weighted by molar-refractivity contribution is 8.15. The standard InChI is InChI=1S/C20H22N2O3S/c1-13(2)17-5-3-4-15(21-17)10-11-25-16-8-6-14(7-9-16)12-18-19(23)22-20(24)26-18/h3-9,13,18H,10-12H2,1-2H3,(H,22,23,24). The van der Waals surface area contributed by atoms with E-state index in [0.29, 0.717) is 18.9 Å². The maximum absolute atomic E-state index is 11.6. The van der Waals surface area contributed by atoms with E-state index >= 15 is 0 Å². The summed E-state index contributed by atoms with van der Waals surface area (Å²) in [5, 5.41) is 1.70. The molecule has 1 aliphatic heterocycles. The number of imide groups is 1. The van der Waals surface area contributed by atoms with Crippen molar-refractivity contribution >= 4 is 22.9 Å². The maximum atomic E-state index is 11.6. The van der Waals surface area contributed by atoms with Crippen LogP contribution in [-0.4, -0.2) is 28.0 Å². The number of ether oxygens (including phenoxy) is 1. The van der Waals surface area contributed by atoms with Gasteiger partial charge < -0.3 is 4.74 Å². The Balaban J connectivity index is 1.49. The molecule has 2 aromatic rings. The van der Waals surface area contributed by atoms with Crippen LogP contribution in [0.5, 0.6) is 5.75 Å². The number of hydrogen-bond acceptors (Lipinski definition) is 5. The number of carbonyl (C=O) groups is 2. The first-order valence-electron chi connectivity index (χ1n) is 8.70. The van der Waals surface area contributed by atoms with Crippen molar-refractivity contribution < 1.29 is 14.3 Å². The monoisotopic (exact) mass is 370 g/mol. The number of nitrogens with one attached hydrogen (secondary N) is 1. The van der Waals surface area contributed by atoms with E-state index in [2.05, 4.69) is 24.1 Å². The summed E-state index contributed by atoms with van der Waals surface area (Å²) in [5.41, 5.74) is 3.13. The van der Waals surface area contributed by atoms with E-state index in [9.17, 15) is 9.59 Å². The minimum Gasteiger partial charge on any atom is -0.493 e. The summed E-state index contributed by atoms with van der Waals surface area (Å²) in [4.78, 5) is 27.5. The minimum atomic E-state index is -0.339. The Kier molecular flexibility index (Phi) is 5.93. The Labute approximate surface area is 157 Å². The van der Waals surface area contributed by atoms with Crippen molar-refractivity contribution in [3.8, 4) is 5.75 Å². The molecule has 1 aromatic heterocycles. The van der Waals surface area contributed by atoms with E-state index in [4.69, 9.17) is 4.74 Å². The number of thioether (sulfide) groups is 1. The van der Waals surface area contributed by atoms with Crippen LogP contribution in [-0.2, 0) is 17.6 Å². The minimum absolute atomic E-state index is 0.212. The lowest BCUT2D eigenvalue weighted by molar-refractivity contribution is -0.118. The van der Waals surface area contributed by atoms with Crippen molar-refractivity contribution in [3.63, 3.8) is 0 Å². The Morgan fingerprint density at radius 3 is 2.58 bits per heavy atom. The highest BCUT2D eigenvalue weighted by Gasteiger charge is 2.31. The lowest BCUT2D eigenvalue weighted by Crippen LogP contribution is -2.25. The molecule has 1 saturated heterocycles. The largest absolute Gasteiger partial charge is 0.493 e. The van der Waals surface area contributed by atoms with Crippen LogP contribution in [0.25, 0.3) is 0 Å². The fraction of sp³-hybridized carbons (Fsp3) is 0.350. The van der Waals surface area contributed by atoms with Crippen LogP contribution in [0, 0.1) is 0 Å². The van der Waals surface area contributed by atoms with Crippen LogP contribution < -0.4 is 10.1 Å². The number of hydrogen-bond donors (Lipinski definition) is 1. The van der Waals surface area contributed by atoms with Gasteiger partial charge in [0.1, 0.15) is 5.75 Å². The molecule has 136 valence electrons. The second-order valence-corrected chi connectivity index (χ2v) is 7.71. The molecule has 1 unspecified atom stereocenters. The summed E-state index contributed by atoms with van der Waals surface area (Å²) < 4.78 is 5.79. The average molecular weight is 370 g/mol. The van der Waals surface area contributed by atoms with E-state index in [1.54, 1.807) is 0 Å². The summed E-state index contributed by atoms with van der Waals surface area (Å²) in [6.45, 7) is 4.82. The van der Waals surface area contributed by atoms with E-state index < -0.39 is 0 Å². The molecule has 1 aromatic carbocycles. The van der Waals surface area contributed by atoms with Gasteiger partial charge in [-0.15, -0.1) is 0 Å². The highest BCUT2D eigenvalue weighted by atomic mass is 32.2. The molecule has 0 saturated carbocycles. The predicted octanol–water partition coefficient (Wildman–Crippen LogP) is 3.72. The zero-order valence-electron chi connectivity index (χ0n) is 14.9. The van der Waals surface area contributed by atoms with Gasteiger partial charge in [-0.2, -0.15) is 0 Å². The predicted molar refractivity (Wildman–Crippen MR) is 103 cm³/mol. The molecule has 1 fully saturated rings. The van der Waals surface area contributed by atoms with Gasteiger partial charge >= 0.3 is 0 Å². The number of aromatic nitrogens is 1. The average Bonchev–Trinajstić information content (AvgIpc) is 2.94. The number of benzene rings is 1. The van der Waals surface area contributed by atoms with Crippen molar-refractivity contribution in [2.45, 2.75) is 37.9 Å². The van der Waals surface area contributed by atoms with Gasteiger partial charge in [0.15, 0.2) is 0 Å². The molecule has 0 aliphatic carbocycles. The van der Waals surface area contributed by atoms with Crippen LogP contribution >= 0.6 is 11.8 Å². The SMILES string of the molecule is CC(C)c1cccc(CCOc2ccc(CC3SC(=O)NC3=O)cc2)n1. The fourth-order valence-corrected chi connectivity index (χ4v) is 3.56.